The third kappa shape index (κ3) is 2.98. The van der Waals surface area contributed by atoms with E-state index in [1.165, 1.54) is 13.0 Å². The van der Waals surface area contributed by atoms with E-state index >= 15 is 0 Å². The second-order valence-electron chi connectivity index (χ2n) is 6.87. The molecule has 0 aliphatic carbocycles. The van der Waals surface area contributed by atoms with E-state index in [1.54, 1.807) is 0 Å². The van der Waals surface area contributed by atoms with Gasteiger partial charge in [-0.25, -0.2) is 0 Å². The Balaban J connectivity index is 2.83. The van der Waals surface area contributed by atoms with Crippen LogP contribution in [0.5, 0.6) is 0 Å². The first-order valence-corrected chi connectivity index (χ1v) is 6.73. The van der Waals surface area contributed by atoms with E-state index in [1.807, 2.05) is 0 Å². The van der Waals surface area contributed by atoms with E-state index in [2.05, 4.69) is 46.4 Å². The minimum Gasteiger partial charge on any atom is -0.329 e. The third-order valence-corrected chi connectivity index (χ3v) is 4.27. The van der Waals surface area contributed by atoms with Crippen molar-refractivity contribution in [3.63, 3.8) is 0 Å². The fourth-order valence-corrected chi connectivity index (χ4v) is 3.16. The average molecular weight is 226 g/mol. The summed E-state index contributed by atoms with van der Waals surface area (Å²) in [7, 11) is 0. The Morgan fingerprint density at radius 2 is 1.81 bits per heavy atom. The van der Waals surface area contributed by atoms with Gasteiger partial charge in [-0.05, 0) is 30.6 Å². The summed E-state index contributed by atoms with van der Waals surface area (Å²) in [6.45, 7) is 16.0. The van der Waals surface area contributed by atoms with Gasteiger partial charge < -0.3 is 5.73 Å². The highest BCUT2D eigenvalue weighted by atomic mass is 15.2. The lowest BCUT2D eigenvalue weighted by molar-refractivity contribution is 0.000761. The molecule has 1 aliphatic rings. The van der Waals surface area contributed by atoms with E-state index in [-0.39, 0.29) is 5.41 Å². The summed E-state index contributed by atoms with van der Waals surface area (Å²) < 4.78 is 0. The number of hydrogen-bond donors (Lipinski definition) is 1. The highest BCUT2D eigenvalue weighted by Crippen LogP contribution is 2.33. The zero-order valence-electron chi connectivity index (χ0n) is 12.0. The van der Waals surface area contributed by atoms with Crippen LogP contribution in [0.25, 0.3) is 0 Å². The molecule has 0 aromatic carbocycles. The van der Waals surface area contributed by atoms with Crippen LogP contribution in [-0.2, 0) is 0 Å². The largest absolute Gasteiger partial charge is 0.329 e. The molecule has 16 heavy (non-hydrogen) atoms. The highest BCUT2D eigenvalue weighted by Gasteiger charge is 2.37. The Labute approximate surface area is 102 Å². The first-order chi connectivity index (χ1) is 7.27. The van der Waals surface area contributed by atoms with Crippen molar-refractivity contribution in [1.29, 1.82) is 0 Å². The molecular formula is C14H30N2. The van der Waals surface area contributed by atoms with Crippen molar-refractivity contribution < 1.29 is 0 Å². The maximum Gasteiger partial charge on any atom is 0.0269 e. The van der Waals surface area contributed by atoms with E-state index in [4.69, 9.17) is 5.73 Å². The number of nitrogens with two attached hydrogens (primary N) is 1. The molecule has 0 amide bonds. The molecule has 96 valence electrons. The number of likely N-dealkylation sites (tertiary alicyclic amines) is 1. The predicted molar refractivity (Wildman–Crippen MR) is 71.4 cm³/mol. The second-order valence-corrected chi connectivity index (χ2v) is 6.87. The summed E-state index contributed by atoms with van der Waals surface area (Å²) >= 11 is 0. The van der Waals surface area contributed by atoms with Crippen molar-refractivity contribution in [2.45, 2.75) is 60.0 Å². The van der Waals surface area contributed by atoms with Crippen molar-refractivity contribution >= 4 is 0 Å². The quantitative estimate of drug-likeness (QED) is 0.784. The maximum atomic E-state index is 6.00. The highest BCUT2D eigenvalue weighted by molar-refractivity contribution is 4.91. The SMILES string of the molecule is CC1CC(C)C(C)N(C(CN)C(C)(C)C)C1. The normalized spacial score (nSPS) is 35.1. The molecule has 1 rings (SSSR count). The van der Waals surface area contributed by atoms with E-state index in [0.29, 0.717) is 12.1 Å². The van der Waals surface area contributed by atoms with Gasteiger partial charge in [-0.2, -0.15) is 0 Å². The van der Waals surface area contributed by atoms with Gasteiger partial charge in [0.05, 0.1) is 0 Å². The lowest BCUT2D eigenvalue weighted by Gasteiger charge is -2.49. The molecule has 1 saturated heterocycles. The lowest BCUT2D eigenvalue weighted by Crippen LogP contribution is -2.57. The maximum absolute atomic E-state index is 6.00. The zero-order valence-corrected chi connectivity index (χ0v) is 12.0. The van der Waals surface area contributed by atoms with Gasteiger partial charge in [0.25, 0.3) is 0 Å². The fourth-order valence-electron chi connectivity index (χ4n) is 3.16. The summed E-state index contributed by atoms with van der Waals surface area (Å²) in [6, 6.07) is 1.18. The second kappa shape index (κ2) is 5.05. The zero-order chi connectivity index (χ0) is 12.5. The van der Waals surface area contributed by atoms with Gasteiger partial charge in [0.2, 0.25) is 0 Å². The van der Waals surface area contributed by atoms with Gasteiger partial charge in [0, 0.05) is 25.2 Å². The van der Waals surface area contributed by atoms with Gasteiger partial charge in [0.1, 0.15) is 0 Å². The van der Waals surface area contributed by atoms with Crippen molar-refractivity contribution in [3.8, 4) is 0 Å². The summed E-state index contributed by atoms with van der Waals surface area (Å²) in [6.07, 6.45) is 1.36. The van der Waals surface area contributed by atoms with Crippen LogP contribution in [0.1, 0.15) is 48.0 Å². The van der Waals surface area contributed by atoms with Crippen LogP contribution in [-0.4, -0.2) is 30.1 Å². The van der Waals surface area contributed by atoms with Crippen LogP contribution in [0.15, 0.2) is 0 Å². The molecule has 4 unspecified atom stereocenters. The molecule has 4 atom stereocenters. The topological polar surface area (TPSA) is 29.3 Å². The summed E-state index contributed by atoms with van der Waals surface area (Å²) in [5.74, 6) is 1.60. The van der Waals surface area contributed by atoms with Crippen LogP contribution < -0.4 is 5.73 Å². The average Bonchev–Trinajstić information content (AvgIpc) is 2.11. The molecule has 0 saturated carbocycles. The summed E-state index contributed by atoms with van der Waals surface area (Å²) in [4.78, 5) is 2.65. The number of hydrogen-bond acceptors (Lipinski definition) is 2. The first-order valence-electron chi connectivity index (χ1n) is 6.73. The fraction of sp³-hybridized carbons (Fsp3) is 1.00. The third-order valence-electron chi connectivity index (χ3n) is 4.27. The number of nitrogens with zero attached hydrogens (tertiary/aromatic N) is 1. The molecule has 0 aromatic rings. The van der Waals surface area contributed by atoms with E-state index < -0.39 is 0 Å². The molecule has 2 nitrogen and oxygen atoms in total. The molecule has 2 N–H and O–H groups in total. The van der Waals surface area contributed by atoms with Crippen molar-refractivity contribution in [2.24, 2.45) is 23.0 Å². The van der Waals surface area contributed by atoms with E-state index in [0.717, 1.165) is 18.4 Å². The van der Waals surface area contributed by atoms with Crippen LogP contribution in [0.2, 0.25) is 0 Å². The van der Waals surface area contributed by atoms with Crippen LogP contribution >= 0.6 is 0 Å². The molecule has 1 aliphatic heterocycles. The molecule has 1 heterocycles. The molecule has 0 radical (unpaired) electrons. The first kappa shape index (κ1) is 14.0. The van der Waals surface area contributed by atoms with Crippen LogP contribution in [0, 0.1) is 17.3 Å². The van der Waals surface area contributed by atoms with Gasteiger partial charge >= 0.3 is 0 Å². The Kier molecular flexibility index (Phi) is 4.42. The standard InChI is InChI=1S/C14H30N2/c1-10-7-11(2)12(3)16(9-10)13(8-15)14(4,5)6/h10-13H,7-9,15H2,1-6H3. The van der Waals surface area contributed by atoms with Crippen molar-refractivity contribution in [1.82, 2.24) is 4.90 Å². The van der Waals surface area contributed by atoms with Crippen molar-refractivity contribution in [3.05, 3.63) is 0 Å². The Bertz CT molecular complexity index is 219. The number of piperidine rings is 1. The molecule has 1 fully saturated rings. The van der Waals surface area contributed by atoms with Crippen molar-refractivity contribution in [2.75, 3.05) is 13.1 Å². The van der Waals surface area contributed by atoms with E-state index in [9.17, 15) is 0 Å². The Hall–Kier alpha value is -0.0800. The minimum atomic E-state index is 0.278. The smallest absolute Gasteiger partial charge is 0.0269 e. The number of rotatable bonds is 2. The van der Waals surface area contributed by atoms with Gasteiger partial charge in [-0.1, -0.05) is 34.6 Å². The molecule has 0 spiro atoms. The monoisotopic (exact) mass is 226 g/mol. The Morgan fingerprint density at radius 1 is 1.25 bits per heavy atom. The molecule has 2 heteroatoms. The van der Waals surface area contributed by atoms with Gasteiger partial charge in [-0.15, -0.1) is 0 Å². The van der Waals surface area contributed by atoms with Gasteiger partial charge in [0.15, 0.2) is 0 Å². The van der Waals surface area contributed by atoms with Crippen LogP contribution in [0.3, 0.4) is 0 Å². The Morgan fingerprint density at radius 3 is 2.25 bits per heavy atom. The molecule has 0 bridgehead atoms. The predicted octanol–water partition coefficient (Wildman–Crippen LogP) is 2.73. The molecule has 0 aromatic heterocycles. The summed E-state index contributed by atoms with van der Waals surface area (Å²) in [5, 5.41) is 0. The van der Waals surface area contributed by atoms with Gasteiger partial charge in [-0.3, -0.25) is 4.90 Å². The molecular weight excluding hydrogens is 196 g/mol. The lowest BCUT2D eigenvalue weighted by atomic mass is 9.79. The van der Waals surface area contributed by atoms with Crippen LogP contribution in [0.4, 0.5) is 0 Å². The minimum absolute atomic E-state index is 0.278. The summed E-state index contributed by atoms with van der Waals surface area (Å²) in [5.41, 5.74) is 6.28.